The van der Waals surface area contributed by atoms with Gasteiger partial charge in [-0.2, -0.15) is 5.26 Å². The lowest BCUT2D eigenvalue weighted by molar-refractivity contribution is 0.353. The first-order valence-electron chi connectivity index (χ1n) is 7.22. The van der Waals surface area contributed by atoms with E-state index in [9.17, 15) is 4.79 Å². The van der Waals surface area contributed by atoms with Crippen LogP contribution in [0.1, 0.15) is 38.7 Å². The molecule has 0 bridgehead atoms. The normalized spacial score (nSPS) is 13.3. The quantitative estimate of drug-likeness (QED) is 0.915. The van der Waals surface area contributed by atoms with Crippen molar-refractivity contribution in [2.75, 3.05) is 0 Å². The Labute approximate surface area is 124 Å². The van der Waals surface area contributed by atoms with E-state index in [-0.39, 0.29) is 11.2 Å². The van der Waals surface area contributed by atoms with E-state index in [0.717, 1.165) is 23.9 Å². The number of fused-ring (bicyclic) bond motifs is 1. The first-order valence-corrected chi connectivity index (χ1v) is 7.22. The molecule has 21 heavy (non-hydrogen) atoms. The SMILES string of the molecule is CCC(CC)(CC(N)C#N)c1ccc2oc(=O)n(C)c2c1. The Morgan fingerprint density at radius 2 is 2.10 bits per heavy atom. The molecule has 1 aromatic carbocycles. The number of benzene rings is 1. The van der Waals surface area contributed by atoms with Crippen LogP contribution >= 0.6 is 0 Å². The van der Waals surface area contributed by atoms with Crippen molar-refractivity contribution in [1.29, 1.82) is 5.26 Å². The van der Waals surface area contributed by atoms with Gasteiger partial charge in [0.05, 0.1) is 17.6 Å². The number of hydrogen-bond donors (Lipinski definition) is 1. The van der Waals surface area contributed by atoms with Crippen molar-refractivity contribution in [3.8, 4) is 6.07 Å². The van der Waals surface area contributed by atoms with Crippen molar-refractivity contribution in [1.82, 2.24) is 4.57 Å². The molecule has 1 unspecified atom stereocenters. The summed E-state index contributed by atoms with van der Waals surface area (Å²) in [5, 5.41) is 9.02. The van der Waals surface area contributed by atoms with Gasteiger partial charge in [0, 0.05) is 7.05 Å². The molecule has 5 heteroatoms. The van der Waals surface area contributed by atoms with Gasteiger partial charge >= 0.3 is 5.76 Å². The Bertz CT molecular complexity index is 732. The van der Waals surface area contributed by atoms with E-state index in [4.69, 9.17) is 15.4 Å². The number of nitriles is 1. The molecule has 5 nitrogen and oxygen atoms in total. The average Bonchev–Trinajstić information content (AvgIpc) is 2.79. The number of oxazole rings is 1. The highest BCUT2D eigenvalue weighted by Gasteiger charge is 2.31. The third-order valence-corrected chi connectivity index (χ3v) is 4.53. The van der Waals surface area contributed by atoms with Gasteiger partial charge in [-0.05, 0) is 42.4 Å². The Hall–Kier alpha value is -2.06. The van der Waals surface area contributed by atoms with Crippen LogP contribution in [0.3, 0.4) is 0 Å². The molecule has 112 valence electrons. The molecular formula is C16H21N3O2. The molecule has 2 aromatic rings. The highest BCUT2D eigenvalue weighted by Crippen LogP contribution is 2.37. The lowest BCUT2D eigenvalue weighted by Gasteiger charge is -2.33. The second-order valence-corrected chi connectivity index (χ2v) is 5.54. The number of hydrogen-bond acceptors (Lipinski definition) is 4. The molecule has 1 aromatic heterocycles. The summed E-state index contributed by atoms with van der Waals surface area (Å²) in [7, 11) is 1.69. The van der Waals surface area contributed by atoms with Gasteiger partial charge in [0.2, 0.25) is 0 Å². The minimum Gasteiger partial charge on any atom is -0.408 e. The van der Waals surface area contributed by atoms with Crippen LogP contribution in [0.4, 0.5) is 0 Å². The second-order valence-electron chi connectivity index (χ2n) is 5.54. The van der Waals surface area contributed by atoms with E-state index in [1.165, 1.54) is 4.57 Å². The predicted molar refractivity (Wildman–Crippen MR) is 81.9 cm³/mol. The first-order chi connectivity index (χ1) is 9.97. The maximum absolute atomic E-state index is 11.6. The third-order valence-electron chi connectivity index (χ3n) is 4.53. The summed E-state index contributed by atoms with van der Waals surface area (Å²) in [5.41, 5.74) is 8.16. The van der Waals surface area contributed by atoms with Crippen molar-refractivity contribution >= 4 is 11.1 Å². The van der Waals surface area contributed by atoms with Crippen molar-refractivity contribution in [3.05, 3.63) is 34.3 Å². The van der Waals surface area contributed by atoms with E-state index < -0.39 is 6.04 Å². The number of aromatic nitrogens is 1. The Morgan fingerprint density at radius 1 is 1.43 bits per heavy atom. The standard InChI is InChI=1S/C16H21N3O2/c1-4-16(5-2,9-12(18)10-17)11-6-7-14-13(8-11)19(3)15(20)21-14/h6-8,12H,4-5,9,18H2,1-3H3. The Kier molecular flexibility index (Phi) is 4.19. The monoisotopic (exact) mass is 287 g/mol. The molecule has 0 fully saturated rings. The van der Waals surface area contributed by atoms with Crippen LogP contribution in [0, 0.1) is 11.3 Å². The average molecular weight is 287 g/mol. The summed E-state index contributed by atoms with van der Waals surface area (Å²) in [6.45, 7) is 4.21. The highest BCUT2D eigenvalue weighted by molar-refractivity contribution is 5.74. The smallest absolute Gasteiger partial charge is 0.408 e. The van der Waals surface area contributed by atoms with Gasteiger partial charge in [0.15, 0.2) is 5.58 Å². The van der Waals surface area contributed by atoms with Gasteiger partial charge in [0.25, 0.3) is 0 Å². The van der Waals surface area contributed by atoms with E-state index in [0.29, 0.717) is 12.0 Å². The molecule has 2 rings (SSSR count). The van der Waals surface area contributed by atoms with Crippen LogP contribution < -0.4 is 11.5 Å². The van der Waals surface area contributed by atoms with Gasteiger partial charge in [-0.3, -0.25) is 4.57 Å². The molecule has 0 aliphatic rings. The number of aryl methyl sites for hydroxylation is 1. The van der Waals surface area contributed by atoms with Crippen molar-refractivity contribution in [2.24, 2.45) is 12.8 Å². The summed E-state index contributed by atoms with van der Waals surface area (Å²) in [6.07, 6.45) is 2.38. The minimum atomic E-state index is -0.492. The van der Waals surface area contributed by atoms with Crippen LogP contribution in [-0.2, 0) is 12.5 Å². The van der Waals surface area contributed by atoms with Gasteiger partial charge < -0.3 is 10.2 Å². The molecule has 0 saturated heterocycles. The summed E-state index contributed by atoms with van der Waals surface area (Å²) in [6, 6.07) is 7.40. The van der Waals surface area contributed by atoms with Crippen LogP contribution in [0.15, 0.2) is 27.4 Å². The molecule has 1 atom stereocenters. The number of rotatable bonds is 5. The molecule has 0 spiro atoms. The lowest BCUT2D eigenvalue weighted by Crippen LogP contribution is -2.33. The largest absolute Gasteiger partial charge is 0.419 e. The van der Waals surface area contributed by atoms with Crippen molar-refractivity contribution < 1.29 is 4.42 Å². The first kappa shape index (κ1) is 15.3. The van der Waals surface area contributed by atoms with E-state index in [1.54, 1.807) is 7.05 Å². The third kappa shape index (κ3) is 2.59. The zero-order chi connectivity index (χ0) is 15.6. The van der Waals surface area contributed by atoms with Gasteiger partial charge in [-0.1, -0.05) is 19.9 Å². The lowest BCUT2D eigenvalue weighted by atomic mass is 9.71. The topological polar surface area (TPSA) is 85.0 Å². The second kappa shape index (κ2) is 5.74. The Balaban J connectivity index is 2.57. The molecule has 0 aliphatic heterocycles. The number of nitrogens with two attached hydrogens (primary N) is 1. The maximum Gasteiger partial charge on any atom is 0.419 e. The van der Waals surface area contributed by atoms with Gasteiger partial charge in [-0.15, -0.1) is 0 Å². The van der Waals surface area contributed by atoms with Crippen LogP contribution in [-0.4, -0.2) is 10.6 Å². The number of nitrogens with zero attached hydrogens (tertiary/aromatic N) is 2. The molecule has 0 aliphatic carbocycles. The van der Waals surface area contributed by atoms with Gasteiger partial charge in [-0.25, -0.2) is 4.79 Å². The fourth-order valence-corrected chi connectivity index (χ4v) is 2.99. The highest BCUT2D eigenvalue weighted by atomic mass is 16.4. The van der Waals surface area contributed by atoms with Crippen LogP contribution in [0.2, 0.25) is 0 Å². The Morgan fingerprint density at radius 3 is 2.67 bits per heavy atom. The summed E-state index contributed by atoms with van der Waals surface area (Å²) >= 11 is 0. The van der Waals surface area contributed by atoms with E-state index >= 15 is 0 Å². The molecule has 0 saturated carbocycles. The fraction of sp³-hybridized carbons (Fsp3) is 0.500. The molecular weight excluding hydrogens is 266 g/mol. The zero-order valence-electron chi connectivity index (χ0n) is 12.7. The predicted octanol–water partition coefficient (Wildman–Crippen LogP) is 2.43. The zero-order valence-corrected chi connectivity index (χ0v) is 12.7. The van der Waals surface area contributed by atoms with Crippen molar-refractivity contribution in [2.45, 2.75) is 44.6 Å². The molecule has 0 amide bonds. The van der Waals surface area contributed by atoms with Crippen LogP contribution in [0.25, 0.3) is 11.1 Å². The van der Waals surface area contributed by atoms with Crippen molar-refractivity contribution in [3.63, 3.8) is 0 Å². The molecule has 1 heterocycles. The summed E-state index contributed by atoms with van der Waals surface area (Å²) in [5.74, 6) is -0.366. The summed E-state index contributed by atoms with van der Waals surface area (Å²) < 4.78 is 6.67. The van der Waals surface area contributed by atoms with E-state index in [2.05, 4.69) is 19.9 Å². The van der Waals surface area contributed by atoms with Gasteiger partial charge in [0.1, 0.15) is 0 Å². The molecule has 2 N–H and O–H groups in total. The summed E-state index contributed by atoms with van der Waals surface area (Å²) in [4.78, 5) is 11.6. The maximum atomic E-state index is 11.6. The molecule has 0 radical (unpaired) electrons. The minimum absolute atomic E-state index is 0.156. The van der Waals surface area contributed by atoms with Crippen LogP contribution in [0.5, 0.6) is 0 Å². The fourth-order valence-electron chi connectivity index (χ4n) is 2.99. The van der Waals surface area contributed by atoms with E-state index in [1.807, 2.05) is 18.2 Å².